The molecule has 2 fully saturated rings. The fourth-order valence-corrected chi connectivity index (χ4v) is 3.71. The molecule has 2 nitrogen and oxygen atoms in total. The summed E-state index contributed by atoms with van der Waals surface area (Å²) in [7, 11) is 0. The molecule has 0 aromatic carbocycles. The summed E-state index contributed by atoms with van der Waals surface area (Å²) >= 11 is 6.02. The Bertz CT molecular complexity index is 394. The zero-order valence-corrected chi connectivity index (χ0v) is 10.9. The summed E-state index contributed by atoms with van der Waals surface area (Å²) in [5, 5.41) is 0. The van der Waals surface area contributed by atoms with Crippen molar-refractivity contribution in [2.45, 2.75) is 44.0 Å². The first-order valence-corrected chi connectivity index (χ1v) is 7.19. The summed E-state index contributed by atoms with van der Waals surface area (Å²) in [5.74, 6) is 1.48. The predicted octanol–water partition coefficient (Wildman–Crippen LogP) is 3.59. The van der Waals surface area contributed by atoms with Crippen molar-refractivity contribution in [2.75, 3.05) is 11.4 Å². The second kappa shape index (κ2) is 4.85. The summed E-state index contributed by atoms with van der Waals surface area (Å²) in [6, 6.07) is 2.89. The van der Waals surface area contributed by atoms with Crippen LogP contribution in [-0.4, -0.2) is 17.6 Å². The van der Waals surface area contributed by atoms with Crippen LogP contribution in [0.1, 0.15) is 37.7 Å². The highest BCUT2D eigenvalue weighted by Gasteiger charge is 2.36. The van der Waals surface area contributed by atoms with Gasteiger partial charge in [0.2, 0.25) is 0 Å². The first-order valence-electron chi connectivity index (χ1n) is 6.65. The Morgan fingerprint density at radius 3 is 3.06 bits per heavy atom. The molecular weight excluding hydrogens is 232 g/mol. The van der Waals surface area contributed by atoms with E-state index < -0.39 is 0 Å². The average molecular weight is 251 g/mol. The number of hydrogen-bond donors (Lipinski definition) is 0. The number of aromatic nitrogens is 1. The lowest BCUT2D eigenvalue weighted by Crippen LogP contribution is -2.35. The number of anilines is 1. The number of fused-ring (bicyclic) bond motifs is 1. The topological polar surface area (TPSA) is 16.1 Å². The second-order valence-corrected chi connectivity index (χ2v) is 5.50. The minimum atomic E-state index is 0.567. The number of nitrogens with zero attached hydrogens (tertiary/aromatic N) is 2. The van der Waals surface area contributed by atoms with Crippen molar-refractivity contribution in [3.63, 3.8) is 0 Å². The van der Waals surface area contributed by atoms with Crippen molar-refractivity contribution >= 4 is 17.3 Å². The van der Waals surface area contributed by atoms with Crippen molar-refractivity contribution in [3.8, 4) is 0 Å². The fraction of sp³-hybridized carbons (Fsp3) is 0.643. The number of hydrogen-bond acceptors (Lipinski definition) is 2. The maximum atomic E-state index is 6.02. The lowest BCUT2D eigenvalue weighted by molar-refractivity contribution is 0.342. The number of alkyl halides is 1. The van der Waals surface area contributed by atoms with Gasteiger partial charge in [0.1, 0.15) is 0 Å². The minimum absolute atomic E-state index is 0.567. The molecule has 0 N–H and O–H groups in total. The molecule has 0 bridgehead atoms. The van der Waals surface area contributed by atoms with E-state index in [1.807, 2.05) is 12.4 Å². The monoisotopic (exact) mass is 250 g/mol. The molecule has 3 rings (SSSR count). The van der Waals surface area contributed by atoms with Gasteiger partial charge in [-0.05, 0) is 31.2 Å². The molecule has 1 saturated carbocycles. The van der Waals surface area contributed by atoms with Crippen LogP contribution in [-0.2, 0) is 5.88 Å². The second-order valence-electron chi connectivity index (χ2n) is 5.23. The highest BCUT2D eigenvalue weighted by Crippen LogP contribution is 2.39. The van der Waals surface area contributed by atoms with Crippen LogP contribution in [0.15, 0.2) is 18.5 Å². The predicted molar refractivity (Wildman–Crippen MR) is 71.5 cm³/mol. The average Bonchev–Trinajstić information content (AvgIpc) is 2.82. The van der Waals surface area contributed by atoms with E-state index in [0.717, 1.165) is 12.0 Å². The molecule has 1 aliphatic carbocycles. The first kappa shape index (κ1) is 11.3. The van der Waals surface area contributed by atoms with Gasteiger partial charge in [-0.15, -0.1) is 11.6 Å². The van der Waals surface area contributed by atoms with E-state index in [1.54, 1.807) is 0 Å². The van der Waals surface area contributed by atoms with Crippen LogP contribution in [0.5, 0.6) is 0 Å². The maximum Gasteiger partial charge on any atom is 0.0509 e. The third-order valence-electron chi connectivity index (χ3n) is 4.34. The largest absolute Gasteiger partial charge is 0.368 e. The quantitative estimate of drug-likeness (QED) is 0.746. The van der Waals surface area contributed by atoms with Crippen molar-refractivity contribution < 1.29 is 0 Å². The van der Waals surface area contributed by atoms with Gasteiger partial charge in [-0.25, -0.2) is 0 Å². The molecule has 1 aromatic rings. The minimum Gasteiger partial charge on any atom is -0.368 e. The van der Waals surface area contributed by atoms with Crippen molar-refractivity contribution in [1.29, 1.82) is 0 Å². The van der Waals surface area contributed by atoms with Crippen LogP contribution >= 0.6 is 11.6 Å². The smallest absolute Gasteiger partial charge is 0.0509 e. The molecule has 0 radical (unpaired) electrons. The van der Waals surface area contributed by atoms with E-state index in [-0.39, 0.29) is 0 Å². The van der Waals surface area contributed by atoms with Crippen molar-refractivity contribution in [3.05, 3.63) is 24.0 Å². The molecule has 17 heavy (non-hydrogen) atoms. The molecule has 0 spiro atoms. The van der Waals surface area contributed by atoms with Gasteiger partial charge < -0.3 is 4.90 Å². The van der Waals surface area contributed by atoms with Gasteiger partial charge in [0.05, 0.1) is 5.88 Å². The fourth-order valence-electron chi connectivity index (χ4n) is 3.51. The molecule has 92 valence electrons. The van der Waals surface area contributed by atoms with Crippen LogP contribution in [0, 0.1) is 5.92 Å². The molecule has 1 aromatic heterocycles. The Balaban J connectivity index is 1.88. The Morgan fingerprint density at radius 1 is 1.29 bits per heavy atom. The van der Waals surface area contributed by atoms with Gasteiger partial charge in [-0.1, -0.05) is 12.8 Å². The summed E-state index contributed by atoms with van der Waals surface area (Å²) < 4.78 is 0. The molecular formula is C14H19ClN2. The molecule has 1 saturated heterocycles. The number of pyridine rings is 1. The van der Waals surface area contributed by atoms with Gasteiger partial charge in [0, 0.05) is 36.2 Å². The zero-order chi connectivity index (χ0) is 11.7. The molecule has 1 aliphatic heterocycles. The van der Waals surface area contributed by atoms with Crippen LogP contribution < -0.4 is 4.90 Å². The summed E-state index contributed by atoms with van der Waals surface area (Å²) in [4.78, 5) is 6.77. The maximum absolute atomic E-state index is 6.02. The van der Waals surface area contributed by atoms with E-state index in [2.05, 4.69) is 16.0 Å². The third-order valence-corrected chi connectivity index (χ3v) is 4.63. The molecule has 3 heteroatoms. The normalized spacial score (nSPS) is 28.2. The van der Waals surface area contributed by atoms with E-state index in [0.29, 0.717) is 5.88 Å². The molecule has 0 amide bonds. The van der Waals surface area contributed by atoms with E-state index >= 15 is 0 Å². The van der Waals surface area contributed by atoms with E-state index in [4.69, 9.17) is 11.6 Å². The van der Waals surface area contributed by atoms with Gasteiger partial charge in [-0.3, -0.25) is 4.98 Å². The number of halogens is 1. The van der Waals surface area contributed by atoms with Crippen LogP contribution in [0.3, 0.4) is 0 Å². The highest BCUT2D eigenvalue weighted by molar-refractivity contribution is 6.17. The Kier molecular flexibility index (Phi) is 3.24. The third kappa shape index (κ3) is 2.03. The highest BCUT2D eigenvalue weighted by atomic mass is 35.5. The van der Waals surface area contributed by atoms with E-state index in [9.17, 15) is 0 Å². The SMILES string of the molecule is ClCc1cnccc1N1CCC2CCCCC21. The van der Waals surface area contributed by atoms with Crippen LogP contribution in [0.25, 0.3) is 0 Å². The Labute approximate surface area is 108 Å². The molecule has 2 atom stereocenters. The molecule has 2 heterocycles. The van der Waals surface area contributed by atoms with Gasteiger partial charge in [0.25, 0.3) is 0 Å². The standard InChI is InChI=1S/C14H19ClN2/c15-9-12-10-16-7-5-14(12)17-8-6-11-3-1-2-4-13(11)17/h5,7,10-11,13H,1-4,6,8-9H2. The van der Waals surface area contributed by atoms with Crippen LogP contribution in [0.4, 0.5) is 5.69 Å². The van der Waals surface area contributed by atoms with E-state index in [1.165, 1.54) is 49.9 Å². The molecule has 2 aliphatic rings. The lowest BCUT2D eigenvalue weighted by Gasteiger charge is -2.34. The van der Waals surface area contributed by atoms with Gasteiger partial charge >= 0.3 is 0 Å². The summed E-state index contributed by atoms with van der Waals surface area (Å²) in [6.07, 6.45) is 10.7. The Hall–Kier alpha value is -0.760. The summed E-state index contributed by atoms with van der Waals surface area (Å²) in [6.45, 7) is 1.20. The van der Waals surface area contributed by atoms with Crippen molar-refractivity contribution in [2.24, 2.45) is 5.92 Å². The summed E-state index contributed by atoms with van der Waals surface area (Å²) in [5.41, 5.74) is 2.50. The van der Waals surface area contributed by atoms with Crippen LogP contribution in [0.2, 0.25) is 0 Å². The van der Waals surface area contributed by atoms with Gasteiger partial charge in [-0.2, -0.15) is 0 Å². The zero-order valence-electron chi connectivity index (χ0n) is 10.1. The van der Waals surface area contributed by atoms with Crippen molar-refractivity contribution in [1.82, 2.24) is 4.98 Å². The molecule has 2 unspecified atom stereocenters. The number of rotatable bonds is 2. The van der Waals surface area contributed by atoms with Gasteiger partial charge in [0.15, 0.2) is 0 Å². The first-order chi connectivity index (χ1) is 8.40. The lowest BCUT2D eigenvalue weighted by atomic mass is 9.85. The Morgan fingerprint density at radius 2 is 2.18 bits per heavy atom.